The van der Waals surface area contributed by atoms with E-state index in [1.54, 1.807) is 0 Å². The Morgan fingerprint density at radius 3 is 2.95 bits per heavy atom. The van der Waals surface area contributed by atoms with Crippen molar-refractivity contribution < 1.29 is 4.79 Å². The van der Waals surface area contributed by atoms with Crippen LogP contribution in [0.3, 0.4) is 0 Å². The number of hydrogen-bond acceptors (Lipinski definition) is 2. The van der Waals surface area contributed by atoms with Crippen molar-refractivity contribution in [1.29, 1.82) is 0 Å². The van der Waals surface area contributed by atoms with Gasteiger partial charge in [-0.05, 0) is 50.8 Å². The molecule has 1 atom stereocenters. The Bertz CT molecular complexity index is 472. The standard InChI is InChI=1S/C17H27N3O/c1-2-3-11-19(13-14-6-4-10-18-14)17(21)16-7-5-12-20(16)15-8-9-15/h5,7,12,14-15,18H,2-4,6,8-11,13H2,1H3. The lowest BCUT2D eigenvalue weighted by molar-refractivity contribution is 0.0728. The second kappa shape index (κ2) is 6.65. The Balaban J connectivity index is 1.70. The minimum atomic E-state index is 0.217. The van der Waals surface area contributed by atoms with Crippen molar-refractivity contribution in [3.63, 3.8) is 0 Å². The number of nitrogens with one attached hydrogen (secondary N) is 1. The maximum Gasteiger partial charge on any atom is 0.270 e. The van der Waals surface area contributed by atoms with Crippen LogP contribution in [0.25, 0.3) is 0 Å². The van der Waals surface area contributed by atoms with Crippen molar-refractivity contribution in [2.24, 2.45) is 0 Å². The molecule has 1 aliphatic carbocycles. The van der Waals surface area contributed by atoms with E-state index in [1.165, 1.54) is 25.7 Å². The first-order valence-corrected chi connectivity index (χ1v) is 8.49. The van der Waals surface area contributed by atoms with Crippen LogP contribution in [-0.4, -0.2) is 41.1 Å². The minimum absolute atomic E-state index is 0.217. The topological polar surface area (TPSA) is 37.3 Å². The van der Waals surface area contributed by atoms with E-state index < -0.39 is 0 Å². The van der Waals surface area contributed by atoms with E-state index >= 15 is 0 Å². The molecule has 1 unspecified atom stereocenters. The van der Waals surface area contributed by atoms with E-state index in [4.69, 9.17) is 0 Å². The van der Waals surface area contributed by atoms with Crippen molar-refractivity contribution in [3.8, 4) is 0 Å². The Morgan fingerprint density at radius 2 is 2.29 bits per heavy atom. The summed E-state index contributed by atoms with van der Waals surface area (Å²) in [6.45, 7) is 5.01. The van der Waals surface area contributed by atoms with Gasteiger partial charge in [0.05, 0.1) is 0 Å². The Hall–Kier alpha value is -1.29. The summed E-state index contributed by atoms with van der Waals surface area (Å²) in [4.78, 5) is 15.0. The monoisotopic (exact) mass is 289 g/mol. The highest BCUT2D eigenvalue weighted by atomic mass is 16.2. The highest BCUT2D eigenvalue weighted by Crippen LogP contribution is 2.36. The van der Waals surface area contributed by atoms with Gasteiger partial charge in [0.15, 0.2) is 0 Å². The molecule has 4 nitrogen and oxygen atoms in total. The second-order valence-electron chi connectivity index (χ2n) is 6.43. The Labute approximate surface area is 127 Å². The predicted octanol–water partition coefficient (Wildman–Crippen LogP) is 2.82. The van der Waals surface area contributed by atoms with Crippen molar-refractivity contribution >= 4 is 5.91 Å². The highest BCUT2D eigenvalue weighted by molar-refractivity contribution is 5.93. The Morgan fingerprint density at radius 1 is 1.43 bits per heavy atom. The van der Waals surface area contributed by atoms with E-state index in [9.17, 15) is 4.79 Å². The average molecular weight is 289 g/mol. The first-order chi connectivity index (χ1) is 10.3. The van der Waals surface area contributed by atoms with Crippen LogP contribution in [0, 0.1) is 0 Å². The first kappa shape index (κ1) is 14.6. The molecule has 0 radical (unpaired) electrons. The molecule has 1 saturated heterocycles. The lowest BCUT2D eigenvalue weighted by Gasteiger charge is -2.26. The van der Waals surface area contributed by atoms with E-state index in [-0.39, 0.29) is 5.91 Å². The number of hydrogen-bond donors (Lipinski definition) is 1. The van der Waals surface area contributed by atoms with E-state index in [1.807, 2.05) is 12.1 Å². The molecule has 2 fully saturated rings. The molecule has 1 aromatic rings. The number of carbonyl (C=O) groups excluding carboxylic acids is 1. The van der Waals surface area contributed by atoms with Gasteiger partial charge in [-0.2, -0.15) is 0 Å². The number of carbonyl (C=O) groups is 1. The van der Waals surface area contributed by atoms with Crippen LogP contribution in [0.1, 0.15) is 62.0 Å². The van der Waals surface area contributed by atoms with Crippen LogP contribution in [-0.2, 0) is 0 Å². The van der Waals surface area contributed by atoms with Crippen LogP contribution >= 0.6 is 0 Å². The third-order valence-electron chi connectivity index (χ3n) is 4.61. The number of nitrogens with zero attached hydrogens (tertiary/aromatic N) is 2. The maximum atomic E-state index is 12.9. The highest BCUT2D eigenvalue weighted by Gasteiger charge is 2.29. The van der Waals surface area contributed by atoms with Gasteiger partial charge < -0.3 is 14.8 Å². The van der Waals surface area contributed by atoms with E-state index in [0.717, 1.165) is 38.2 Å². The molecule has 1 aromatic heterocycles. The van der Waals surface area contributed by atoms with Gasteiger partial charge in [-0.15, -0.1) is 0 Å². The number of unbranched alkanes of at least 4 members (excludes halogenated alkanes) is 1. The summed E-state index contributed by atoms with van der Waals surface area (Å²) in [5.41, 5.74) is 0.881. The zero-order valence-electron chi connectivity index (χ0n) is 13.1. The largest absolute Gasteiger partial charge is 0.340 e. The second-order valence-corrected chi connectivity index (χ2v) is 6.43. The molecular weight excluding hydrogens is 262 g/mol. The van der Waals surface area contributed by atoms with Gasteiger partial charge in [-0.25, -0.2) is 0 Å². The Kier molecular flexibility index (Phi) is 4.63. The van der Waals surface area contributed by atoms with Gasteiger partial charge in [0, 0.05) is 31.4 Å². The normalized spacial score (nSPS) is 21.7. The summed E-state index contributed by atoms with van der Waals surface area (Å²) < 4.78 is 2.18. The molecule has 4 heteroatoms. The fourth-order valence-corrected chi connectivity index (χ4v) is 3.21. The SMILES string of the molecule is CCCCN(CC1CCCN1)C(=O)c1cccn1C1CC1. The summed E-state index contributed by atoms with van der Waals surface area (Å²) in [7, 11) is 0. The molecule has 21 heavy (non-hydrogen) atoms. The molecule has 1 N–H and O–H groups in total. The lowest BCUT2D eigenvalue weighted by atomic mass is 10.2. The quantitative estimate of drug-likeness (QED) is 0.838. The van der Waals surface area contributed by atoms with Gasteiger partial charge in [0.2, 0.25) is 0 Å². The third kappa shape index (κ3) is 3.49. The molecule has 3 rings (SSSR count). The van der Waals surface area contributed by atoms with Gasteiger partial charge >= 0.3 is 0 Å². The molecule has 1 amide bonds. The lowest BCUT2D eigenvalue weighted by Crippen LogP contribution is -2.42. The van der Waals surface area contributed by atoms with Crippen LogP contribution in [0.5, 0.6) is 0 Å². The summed E-state index contributed by atoms with van der Waals surface area (Å²) in [5, 5.41) is 3.51. The molecule has 2 aliphatic rings. The molecule has 2 heterocycles. The molecule has 116 valence electrons. The molecule has 1 aliphatic heterocycles. The van der Waals surface area contributed by atoms with Crippen molar-refractivity contribution in [1.82, 2.24) is 14.8 Å². The molecule has 0 bridgehead atoms. The van der Waals surface area contributed by atoms with Gasteiger partial charge in [0.25, 0.3) is 5.91 Å². The first-order valence-electron chi connectivity index (χ1n) is 8.49. The van der Waals surface area contributed by atoms with E-state index in [0.29, 0.717) is 12.1 Å². The summed E-state index contributed by atoms with van der Waals surface area (Å²) in [5.74, 6) is 0.217. The van der Waals surface area contributed by atoms with Crippen LogP contribution in [0.15, 0.2) is 18.3 Å². The van der Waals surface area contributed by atoms with Crippen LogP contribution in [0.2, 0.25) is 0 Å². The summed E-state index contributed by atoms with van der Waals surface area (Å²) in [6, 6.07) is 5.05. The van der Waals surface area contributed by atoms with Gasteiger partial charge in [-0.3, -0.25) is 4.79 Å². The van der Waals surface area contributed by atoms with Crippen LogP contribution < -0.4 is 5.32 Å². The minimum Gasteiger partial charge on any atom is -0.340 e. The smallest absolute Gasteiger partial charge is 0.270 e. The number of amides is 1. The van der Waals surface area contributed by atoms with E-state index in [2.05, 4.69) is 27.9 Å². The van der Waals surface area contributed by atoms with Crippen LogP contribution in [0.4, 0.5) is 0 Å². The average Bonchev–Trinajstić information content (AvgIpc) is 3.02. The third-order valence-corrected chi connectivity index (χ3v) is 4.61. The maximum absolute atomic E-state index is 12.9. The zero-order valence-corrected chi connectivity index (χ0v) is 13.1. The van der Waals surface area contributed by atoms with Gasteiger partial charge in [-0.1, -0.05) is 13.3 Å². The van der Waals surface area contributed by atoms with Crippen molar-refractivity contribution in [3.05, 3.63) is 24.0 Å². The summed E-state index contributed by atoms with van der Waals surface area (Å²) in [6.07, 6.45) is 9.14. The zero-order chi connectivity index (χ0) is 14.7. The fourth-order valence-electron chi connectivity index (χ4n) is 3.21. The molecule has 0 aromatic carbocycles. The van der Waals surface area contributed by atoms with Crippen molar-refractivity contribution in [2.75, 3.05) is 19.6 Å². The van der Waals surface area contributed by atoms with Crippen molar-refractivity contribution in [2.45, 2.75) is 57.5 Å². The van der Waals surface area contributed by atoms with Gasteiger partial charge in [0.1, 0.15) is 5.69 Å². The molecular formula is C17H27N3O. The predicted molar refractivity (Wildman–Crippen MR) is 84.5 cm³/mol. The summed E-state index contributed by atoms with van der Waals surface area (Å²) >= 11 is 0. The number of aromatic nitrogens is 1. The molecule has 0 spiro atoms. The number of rotatable bonds is 7. The molecule has 1 saturated carbocycles. The fraction of sp³-hybridized carbons (Fsp3) is 0.706.